The molecule has 1 aliphatic rings. The minimum atomic E-state index is 0.370. The van der Waals surface area contributed by atoms with E-state index >= 15 is 0 Å². The highest BCUT2D eigenvalue weighted by molar-refractivity contribution is 6.21. The second-order valence-electron chi connectivity index (χ2n) is 4.86. The summed E-state index contributed by atoms with van der Waals surface area (Å²) in [6.07, 6.45) is 2.21. The topological polar surface area (TPSA) is 38.2 Å². The van der Waals surface area contributed by atoms with Crippen molar-refractivity contribution in [3.63, 3.8) is 0 Å². The molecule has 0 spiro atoms. The molecule has 0 N–H and O–H groups in total. The molecule has 0 atom stereocenters. The van der Waals surface area contributed by atoms with Gasteiger partial charge < -0.3 is 9.64 Å². The molecule has 1 aromatic heterocycles. The molecule has 100 valence electrons. The first-order valence-electron chi connectivity index (χ1n) is 6.42. The Morgan fingerprint density at radius 3 is 2.78 bits per heavy atom. The minimum Gasteiger partial charge on any atom is -0.478 e. The summed E-state index contributed by atoms with van der Waals surface area (Å²) in [7, 11) is 2.05. The van der Waals surface area contributed by atoms with E-state index in [1.807, 2.05) is 19.9 Å². The third-order valence-corrected chi connectivity index (χ3v) is 3.55. The van der Waals surface area contributed by atoms with Gasteiger partial charge in [0.05, 0.1) is 6.61 Å². The average Bonchev–Trinajstić information content (AvgIpc) is 2.26. The number of aryl methyl sites for hydroxylation is 1. The molecule has 1 fully saturated rings. The van der Waals surface area contributed by atoms with Crippen LogP contribution in [0, 0.1) is 12.8 Å². The molecule has 0 saturated heterocycles. The van der Waals surface area contributed by atoms with E-state index in [1.54, 1.807) is 0 Å². The van der Waals surface area contributed by atoms with Crippen molar-refractivity contribution in [2.75, 3.05) is 25.1 Å². The van der Waals surface area contributed by atoms with Gasteiger partial charge in [0, 0.05) is 25.0 Å². The number of nitrogens with zero attached hydrogens (tertiary/aromatic N) is 3. The third-order valence-electron chi connectivity index (χ3n) is 3.19. The van der Waals surface area contributed by atoms with E-state index in [9.17, 15) is 0 Å². The van der Waals surface area contributed by atoms with Crippen LogP contribution in [0.3, 0.4) is 0 Å². The molecular formula is C13H20ClN3O. The van der Waals surface area contributed by atoms with Crippen LogP contribution in [0.25, 0.3) is 0 Å². The zero-order valence-corrected chi connectivity index (χ0v) is 11.9. The number of hydrogen-bond acceptors (Lipinski definition) is 4. The molecule has 1 heterocycles. The smallest absolute Gasteiger partial charge is 0.218 e. The summed E-state index contributed by atoms with van der Waals surface area (Å²) in [6.45, 7) is 5.45. The summed E-state index contributed by atoms with van der Waals surface area (Å²) in [5.41, 5.74) is 0. The van der Waals surface area contributed by atoms with Crippen molar-refractivity contribution < 1.29 is 4.74 Å². The predicted octanol–water partition coefficient (Wildman–Crippen LogP) is 2.64. The first kappa shape index (κ1) is 13.4. The van der Waals surface area contributed by atoms with Crippen LogP contribution in [0.15, 0.2) is 6.07 Å². The fourth-order valence-corrected chi connectivity index (χ4v) is 2.73. The lowest BCUT2D eigenvalue weighted by Gasteiger charge is -2.34. The molecule has 4 nitrogen and oxygen atoms in total. The van der Waals surface area contributed by atoms with Gasteiger partial charge in [-0.15, -0.1) is 11.6 Å². The molecule has 0 amide bonds. The van der Waals surface area contributed by atoms with E-state index in [2.05, 4.69) is 21.9 Å². The third kappa shape index (κ3) is 3.25. The van der Waals surface area contributed by atoms with Crippen molar-refractivity contribution >= 4 is 17.4 Å². The summed E-state index contributed by atoms with van der Waals surface area (Å²) in [4.78, 5) is 10.9. The Balaban J connectivity index is 2.02. The number of hydrogen-bond donors (Lipinski definition) is 0. The van der Waals surface area contributed by atoms with E-state index < -0.39 is 0 Å². The number of aromatic nitrogens is 2. The van der Waals surface area contributed by atoms with Gasteiger partial charge in [-0.05, 0) is 32.6 Å². The van der Waals surface area contributed by atoms with Crippen LogP contribution in [0.1, 0.15) is 25.6 Å². The normalized spacial score (nSPS) is 22.4. The molecule has 0 aliphatic heterocycles. The van der Waals surface area contributed by atoms with Gasteiger partial charge in [0.1, 0.15) is 11.6 Å². The van der Waals surface area contributed by atoms with E-state index in [4.69, 9.17) is 16.3 Å². The van der Waals surface area contributed by atoms with Gasteiger partial charge in [0.25, 0.3) is 0 Å². The van der Waals surface area contributed by atoms with E-state index in [-0.39, 0.29) is 0 Å². The van der Waals surface area contributed by atoms with Crippen molar-refractivity contribution in [3.8, 4) is 5.88 Å². The van der Waals surface area contributed by atoms with Crippen LogP contribution >= 0.6 is 11.6 Å². The van der Waals surface area contributed by atoms with Crippen molar-refractivity contribution in [2.24, 2.45) is 5.92 Å². The fourth-order valence-electron chi connectivity index (χ4n) is 2.23. The first-order chi connectivity index (χ1) is 8.58. The van der Waals surface area contributed by atoms with Crippen LogP contribution in [0.4, 0.5) is 5.82 Å². The number of alkyl halides is 1. The van der Waals surface area contributed by atoms with Crippen LogP contribution in [0.2, 0.25) is 0 Å². The maximum atomic E-state index is 6.00. The molecule has 0 unspecified atom stereocenters. The zero-order valence-electron chi connectivity index (χ0n) is 11.2. The predicted molar refractivity (Wildman–Crippen MR) is 73.6 cm³/mol. The zero-order chi connectivity index (χ0) is 13.1. The fraction of sp³-hybridized carbons (Fsp3) is 0.692. The minimum absolute atomic E-state index is 0.370. The molecule has 0 aromatic carbocycles. The highest BCUT2D eigenvalue weighted by atomic mass is 35.5. The van der Waals surface area contributed by atoms with Crippen LogP contribution in [-0.4, -0.2) is 35.5 Å². The van der Waals surface area contributed by atoms with Gasteiger partial charge in [-0.3, -0.25) is 0 Å². The SMILES string of the molecule is CCOc1cc(N(C)CC2CC(Cl)C2)nc(C)n1. The van der Waals surface area contributed by atoms with Crippen LogP contribution in [-0.2, 0) is 0 Å². The lowest BCUT2D eigenvalue weighted by Crippen LogP contribution is -2.35. The van der Waals surface area contributed by atoms with Gasteiger partial charge in [-0.2, -0.15) is 4.98 Å². The molecule has 1 saturated carbocycles. The Morgan fingerprint density at radius 2 is 2.17 bits per heavy atom. The number of rotatable bonds is 5. The second-order valence-corrected chi connectivity index (χ2v) is 5.48. The summed E-state index contributed by atoms with van der Waals surface area (Å²) in [5.74, 6) is 2.99. The molecule has 2 rings (SSSR count). The molecule has 18 heavy (non-hydrogen) atoms. The highest BCUT2D eigenvalue weighted by Crippen LogP contribution is 2.33. The van der Waals surface area contributed by atoms with Gasteiger partial charge in [-0.1, -0.05) is 0 Å². The Kier molecular flexibility index (Phi) is 4.27. The van der Waals surface area contributed by atoms with E-state index in [0.717, 1.165) is 31.0 Å². The van der Waals surface area contributed by atoms with E-state index in [0.29, 0.717) is 23.8 Å². The van der Waals surface area contributed by atoms with Crippen LogP contribution < -0.4 is 9.64 Å². The van der Waals surface area contributed by atoms with Gasteiger partial charge in [0.2, 0.25) is 5.88 Å². The second kappa shape index (κ2) is 5.74. The highest BCUT2D eigenvalue weighted by Gasteiger charge is 2.28. The summed E-state index contributed by atoms with van der Waals surface area (Å²) >= 11 is 6.00. The number of halogens is 1. The summed E-state index contributed by atoms with van der Waals surface area (Å²) < 4.78 is 5.44. The Bertz CT molecular complexity index is 407. The first-order valence-corrected chi connectivity index (χ1v) is 6.85. The average molecular weight is 270 g/mol. The van der Waals surface area contributed by atoms with Crippen molar-refractivity contribution in [1.29, 1.82) is 0 Å². The lowest BCUT2D eigenvalue weighted by atomic mass is 9.84. The Hall–Kier alpha value is -1.03. The molecular weight excluding hydrogens is 250 g/mol. The molecule has 1 aromatic rings. The van der Waals surface area contributed by atoms with Crippen molar-refractivity contribution in [2.45, 2.75) is 32.1 Å². The molecule has 5 heteroatoms. The maximum Gasteiger partial charge on any atom is 0.218 e. The Labute approximate surface area is 113 Å². The van der Waals surface area contributed by atoms with Gasteiger partial charge in [-0.25, -0.2) is 4.98 Å². The molecule has 1 aliphatic carbocycles. The number of ether oxygens (including phenoxy) is 1. The monoisotopic (exact) mass is 269 g/mol. The molecule has 0 radical (unpaired) electrons. The number of anilines is 1. The lowest BCUT2D eigenvalue weighted by molar-refractivity contribution is 0.322. The largest absolute Gasteiger partial charge is 0.478 e. The summed E-state index contributed by atoms with van der Waals surface area (Å²) in [6, 6.07) is 1.90. The van der Waals surface area contributed by atoms with Crippen LogP contribution in [0.5, 0.6) is 5.88 Å². The van der Waals surface area contributed by atoms with Gasteiger partial charge in [0.15, 0.2) is 0 Å². The molecule has 0 bridgehead atoms. The van der Waals surface area contributed by atoms with E-state index in [1.165, 1.54) is 0 Å². The maximum absolute atomic E-state index is 6.00. The van der Waals surface area contributed by atoms with Gasteiger partial charge >= 0.3 is 0 Å². The van der Waals surface area contributed by atoms with Crippen molar-refractivity contribution in [1.82, 2.24) is 9.97 Å². The quantitative estimate of drug-likeness (QED) is 0.771. The van der Waals surface area contributed by atoms with Crippen molar-refractivity contribution in [3.05, 3.63) is 11.9 Å². The Morgan fingerprint density at radius 1 is 1.44 bits per heavy atom. The standard InChI is InChI=1S/C13H20ClN3O/c1-4-18-13-7-12(15-9(2)16-13)17(3)8-10-5-11(14)6-10/h7,10-11H,4-6,8H2,1-3H3. The summed E-state index contributed by atoms with van der Waals surface area (Å²) in [5, 5.41) is 0.370.